The second kappa shape index (κ2) is 18.7. The van der Waals surface area contributed by atoms with Gasteiger partial charge in [-0.25, -0.2) is 0 Å². The number of benzene rings is 2. The molecule has 0 aromatic heterocycles. The number of hydrogen-bond donors (Lipinski definition) is 0. The van der Waals surface area contributed by atoms with Gasteiger partial charge in [0.15, 0.2) is 0 Å². The van der Waals surface area contributed by atoms with Crippen LogP contribution in [0.3, 0.4) is 0 Å². The molecule has 0 saturated heterocycles. The SMILES string of the molecule is CN(C)/N=C/c1ccccc1-c1ccccc1.[C-]#[O+].[C-]#[O+].[C-]#[O+].[Cr]. The monoisotopic (exact) mass is 360 g/mol. The Labute approximate surface area is 153 Å². The molecule has 0 amide bonds. The summed E-state index contributed by atoms with van der Waals surface area (Å²) in [5, 5.41) is 6.08. The Kier molecular flexibility index (Phi) is 20.7. The van der Waals surface area contributed by atoms with Gasteiger partial charge in [-0.05, 0) is 11.1 Å². The third-order valence-electron chi connectivity index (χ3n) is 2.47. The second-order valence-corrected chi connectivity index (χ2v) is 4.05. The van der Waals surface area contributed by atoms with Gasteiger partial charge < -0.3 is 5.01 Å². The number of hydrazone groups is 1. The van der Waals surface area contributed by atoms with Crippen LogP contribution in [-0.2, 0) is 31.3 Å². The van der Waals surface area contributed by atoms with Crippen LogP contribution in [0.25, 0.3) is 11.1 Å². The summed E-state index contributed by atoms with van der Waals surface area (Å²) < 4.78 is 22.5. The first-order chi connectivity index (χ1) is 11.3. The summed E-state index contributed by atoms with van der Waals surface area (Å²) in [5.74, 6) is 0. The Morgan fingerprint density at radius 1 is 0.792 bits per heavy atom. The van der Waals surface area contributed by atoms with E-state index in [1.165, 1.54) is 11.1 Å². The van der Waals surface area contributed by atoms with Crippen molar-refractivity contribution in [1.82, 2.24) is 5.01 Å². The molecule has 0 saturated carbocycles. The molecule has 0 aliphatic carbocycles. The summed E-state index contributed by atoms with van der Waals surface area (Å²) in [6.07, 6.45) is 1.89. The third-order valence-corrected chi connectivity index (χ3v) is 2.47. The van der Waals surface area contributed by atoms with Crippen LogP contribution in [0.15, 0.2) is 59.7 Å². The maximum Gasteiger partial charge on any atom is 0 e. The molecule has 2 aromatic carbocycles. The molecule has 0 fully saturated rings. The van der Waals surface area contributed by atoms with Crippen LogP contribution in [0, 0.1) is 20.0 Å². The topological polar surface area (TPSA) is 75.3 Å². The van der Waals surface area contributed by atoms with Crippen LogP contribution in [-0.4, -0.2) is 25.3 Å². The van der Waals surface area contributed by atoms with Gasteiger partial charge >= 0.3 is 33.9 Å². The standard InChI is InChI=1S/C15H16N2.3CO.Cr/c1-17(2)16-12-14-10-6-7-11-15(14)13-8-4-3-5-9-13;3*1-2;/h3-12H,1-2H3;;;;/b16-12+;;;;. The third kappa shape index (κ3) is 10.4. The smallest absolute Gasteiger partial charge is 0 e. The van der Waals surface area contributed by atoms with Gasteiger partial charge in [-0.1, -0.05) is 54.6 Å². The van der Waals surface area contributed by atoms with E-state index >= 15 is 0 Å². The van der Waals surface area contributed by atoms with E-state index in [0.717, 1.165) is 5.56 Å². The van der Waals surface area contributed by atoms with Gasteiger partial charge in [0.1, 0.15) is 0 Å². The van der Waals surface area contributed by atoms with Crippen molar-refractivity contribution in [3.63, 3.8) is 0 Å². The average Bonchev–Trinajstić information content (AvgIpc) is 2.66. The van der Waals surface area contributed by atoms with E-state index in [-0.39, 0.29) is 17.4 Å². The summed E-state index contributed by atoms with van der Waals surface area (Å²) in [6, 6.07) is 18.6. The Balaban J connectivity index is -0.000000569. The molecule has 2 rings (SSSR count). The van der Waals surface area contributed by atoms with Crippen LogP contribution < -0.4 is 0 Å². The molecule has 0 atom stereocenters. The van der Waals surface area contributed by atoms with Crippen LogP contribution in [0.2, 0.25) is 0 Å². The molecule has 0 heterocycles. The summed E-state index contributed by atoms with van der Waals surface area (Å²) in [4.78, 5) is 0. The molecule has 0 unspecified atom stereocenters. The summed E-state index contributed by atoms with van der Waals surface area (Å²) in [7, 11) is 3.84. The molecule has 5 nitrogen and oxygen atoms in total. The second-order valence-electron chi connectivity index (χ2n) is 4.05. The minimum atomic E-state index is 0. The minimum absolute atomic E-state index is 0. The molecule has 0 spiro atoms. The van der Waals surface area contributed by atoms with Crippen LogP contribution in [0.1, 0.15) is 5.56 Å². The normalized spacial score (nSPS) is 7.83. The van der Waals surface area contributed by atoms with Gasteiger partial charge in [0.05, 0.1) is 6.21 Å². The van der Waals surface area contributed by atoms with Gasteiger partial charge in [0, 0.05) is 37.0 Å². The number of rotatable bonds is 3. The van der Waals surface area contributed by atoms with Gasteiger partial charge in [-0.2, -0.15) is 5.10 Å². The Bertz CT molecular complexity index is 621. The van der Waals surface area contributed by atoms with E-state index in [4.69, 9.17) is 14.0 Å². The maximum absolute atomic E-state index is 7.50. The fourth-order valence-electron chi connectivity index (χ4n) is 1.67. The van der Waals surface area contributed by atoms with E-state index in [2.05, 4.69) is 67.5 Å². The largest absolute Gasteiger partial charge is 0 e. The van der Waals surface area contributed by atoms with Crippen molar-refractivity contribution < 1.29 is 31.3 Å². The molecule has 6 heteroatoms. The molecule has 0 N–H and O–H groups in total. The zero-order valence-corrected chi connectivity index (χ0v) is 14.6. The Hall–Kier alpha value is -2.34. The van der Waals surface area contributed by atoms with Gasteiger partial charge in [-0.15, -0.1) is 0 Å². The summed E-state index contributed by atoms with van der Waals surface area (Å²) >= 11 is 0. The maximum atomic E-state index is 7.50. The summed E-state index contributed by atoms with van der Waals surface area (Å²) in [6.45, 7) is 13.5. The van der Waals surface area contributed by atoms with Crippen LogP contribution in [0.4, 0.5) is 0 Å². The molecular weight excluding hydrogens is 344 g/mol. The fourth-order valence-corrected chi connectivity index (χ4v) is 1.67. The van der Waals surface area contributed by atoms with Crippen LogP contribution >= 0.6 is 0 Å². The van der Waals surface area contributed by atoms with Crippen molar-refractivity contribution in [2.45, 2.75) is 0 Å². The van der Waals surface area contributed by atoms with Gasteiger partial charge in [0.25, 0.3) is 0 Å². The zero-order chi connectivity index (χ0) is 18.1. The van der Waals surface area contributed by atoms with Gasteiger partial charge in [-0.3, -0.25) is 0 Å². The first kappa shape index (κ1) is 26.6. The molecule has 0 radical (unpaired) electrons. The van der Waals surface area contributed by atoms with Crippen LogP contribution in [0.5, 0.6) is 0 Å². The van der Waals surface area contributed by atoms with Gasteiger partial charge in [0.2, 0.25) is 0 Å². The van der Waals surface area contributed by atoms with Crippen molar-refractivity contribution in [2.24, 2.45) is 5.10 Å². The molecular formula is C18H16CrN2O3. The molecule has 0 aliphatic rings. The van der Waals surface area contributed by atoms with E-state index in [0.29, 0.717) is 0 Å². The molecule has 122 valence electrons. The van der Waals surface area contributed by atoms with E-state index in [9.17, 15) is 0 Å². The van der Waals surface area contributed by atoms with Crippen molar-refractivity contribution in [2.75, 3.05) is 14.1 Å². The van der Waals surface area contributed by atoms with E-state index in [1.807, 2.05) is 32.4 Å². The number of nitrogens with zero attached hydrogens (tertiary/aromatic N) is 2. The predicted molar refractivity (Wildman–Crippen MR) is 84.9 cm³/mol. The van der Waals surface area contributed by atoms with Crippen molar-refractivity contribution in [3.05, 3.63) is 80.1 Å². The Morgan fingerprint density at radius 3 is 1.75 bits per heavy atom. The van der Waals surface area contributed by atoms with E-state index in [1.54, 1.807) is 5.01 Å². The Morgan fingerprint density at radius 2 is 1.25 bits per heavy atom. The van der Waals surface area contributed by atoms with Crippen molar-refractivity contribution in [1.29, 1.82) is 0 Å². The quantitative estimate of drug-likeness (QED) is 0.359. The zero-order valence-electron chi connectivity index (χ0n) is 13.3. The molecule has 0 bridgehead atoms. The number of hydrogen-bond acceptors (Lipinski definition) is 2. The minimum Gasteiger partial charge on any atom is 0 e. The predicted octanol–water partition coefficient (Wildman–Crippen LogP) is 3.13. The summed E-state index contributed by atoms with van der Waals surface area (Å²) in [5.41, 5.74) is 3.56. The fraction of sp³-hybridized carbons (Fsp3) is 0.111. The first-order valence-corrected chi connectivity index (χ1v) is 6.24. The molecule has 2 aromatic rings. The average molecular weight is 360 g/mol. The van der Waals surface area contributed by atoms with E-state index < -0.39 is 0 Å². The first-order valence-electron chi connectivity index (χ1n) is 6.24. The van der Waals surface area contributed by atoms with Crippen molar-refractivity contribution >= 4 is 6.21 Å². The van der Waals surface area contributed by atoms with Crippen molar-refractivity contribution in [3.8, 4) is 11.1 Å². The molecule has 24 heavy (non-hydrogen) atoms. The molecule has 0 aliphatic heterocycles.